The van der Waals surface area contributed by atoms with Crippen molar-refractivity contribution in [1.29, 1.82) is 0 Å². The molecule has 0 fully saturated rings. The SMILES string of the molecule is O=C(O)c1cnc(Sc2nccc(=O)[nH]2)c([N+](=O)[O-])c1. The summed E-state index contributed by atoms with van der Waals surface area (Å²) in [5, 5.41) is 19.8. The minimum Gasteiger partial charge on any atom is -0.478 e. The molecule has 20 heavy (non-hydrogen) atoms. The van der Waals surface area contributed by atoms with E-state index in [1.54, 1.807) is 0 Å². The molecule has 0 aliphatic carbocycles. The Hall–Kier alpha value is -2.75. The van der Waals surface area contributed by atoms with Crippen LogP contribution >= 0.6 is 11.8 Å². The summed E-state index contributed by atoms with van der Waals surface area (Å²) >= 11 is 0.765. The number of aromatic nitrogens is 3. The first-order valence-electron chi connectivity index (χ1n) is 5.08. The van der Waals surface area contributed by atoms with Crippen molar-refractivity contribution in [3.63, 3.8) is 0 Å². The van der Waals surface area contributed by atoms with Crippen LogP contribution in [0.3, 0.4) is 0 Å². The molecular weight excluding hydrogens is 288 g/mol. The van der Waals surface area contributed by atoms with Gasteiger partial charge in [0.05, 0.1) is 10.5 Å². The largest absolute Gasteiger partial charge is 0.478 e. The molecule has 0 bridgehead atoms. The van der Waals surface area contributed by atoms with Gasteiger partial charge < -0.3 is 10.1 Å². The molecule has 0 aliphatic rings. The molecule has 0 radical (unpaired) electrons. The third-order valence-electron chi connectivity index (χ3n) is 2.12. The van der Waals surface area contributed by atoms with Gasteiger partial charge in [0.25, 0.3) is 5.56 Å². The number of nitrogens with one attached hydrogen (secondary N) is 1. The fourth-order valence-electron chi connectivity index (χ4n) is 1.26. The molecule has 102 valence electrons. The average molecular weight is 294 g/mol. The first-order chi connectivity index (χ1) is 9.47. The van der Waals surface area contributed by atoms with Crippen molar-refractivity contribution in [2.45, 2.75) is 10.2 Å². The van der Waals surface area contributed by atoms with Crippen LogP contribution in [0, 0.1) is 10.1 Å². The van der Waals surface area contributed by atoms with Crippen LogP contribution in [-0.4, -0.2) is 31.0 Å². The van der Waals surface area contributed by atoms with Gasteiger partial charge in [-0.3, -0.25) is 14.9 Å². The van der Waals surface area contributed by atoms with Crippen molar-refractivity contribution < 1.29 is 14.8 Å². The molecule has 0 amide bonds. The zero-order valence-corrected chi connectivity index (χ0v) is 10.5. The van der Waals surface area contributed by atoms with Gasteiger partial charge in [-0.15, -0.1) is 0 Å². The number of aromatic carboxylic acids is 1. The van der Waals surface area contributed by atoms with Gasteiger partial charge >= 0.3 is 11.7 Å². The third-order valence-corrected chi connectivity index (χ3v) is 3.03. The van der Waals surface area contributed by atoms with E-state index in [9.17, 15) is 19.7 Å². The van der Waals surface area contributed by atoms with Gasteiger partial charge in [0.15, 0.2) is 10.2 Å². The normalized spacial score (nSPS) is 10.2. The monoisotopic (exact) mass is 294 g/mol. The van der Waals surface area contributed by atoms with Crippen LogP contribution in [0.2, 0.25) is 0 Å². The van der Waals surface area contributed by atoms with E-state index in [2.05, 4.69) is 15.0 Å². The molecule has 9 nitrogen and oxygen atoms in total. The van der Waals surface area contributed by atoms with Crippen LogP contribution in [0.15, 0.2) is 39.5 Å². The number of nitrogens with zero attached hydrogens (tertiary/aromatic N) is 3. The Labute approximate surface area is 114 Å². The number of aromatic amines is 1. The predicted octanol–water partition coefficient (Wildman–Crippen LogP) is 0.922. The Balaban J connectivity index is 2.43. The van der Waals surface area contributed by atoms with Crippen molar-refractivity contribution in [3.05, 3.63) is 50.6 Å². The highest BCUT2D eigenvalue weighted by molar-refractivity contribution is 7.99. The van der Waals surface area contributed by atoms with Gasteiger partial charge in [-0.05, 0) is 11.8 Å². The highest BCUT2D eigenvalue weighted by Crippen LogP contribution is 2.30. The van der Waals surface area contributed by atoms with Gasteiger partial charge in [-0.2, -0.15) is 0 Å². The van der Waals surface area contributed by atoms with E-state index in [0.29, 0.717) is 0 Å². The molecule has 0 aliphatic heterocycles. The lowest BCUT2D eigenvalue weighted by Gasteiger charge is -2.02. The molecule has 2 N–H and O–H groups in total. The highest BCUT2D eigenvalue weighted by atomic mass is 32.2. The summed E-state index contributed by atoms with van der Waals surface area (Å²) in [6.07, 6.45) is 2.25. The standard InChI is InChI=1S/C10H6N4O5S/c15-7-1-2-11-10(13-7)20-8-6(14(18)19)3-5(4-12-8)9(16)17/h1-4H,(H,16,17)(H,11,13,15). The summed E-state index contributed by atoms with van der Waals surface area (Å²) in [4.78, 5) is 42.0. The average Bonchev–Trinajstić information content (AvgIpc) is 2.38. The maximum absolute atomic E-state index is 11.1. The Morgan fingerprint density at radius 1 is 1.45 bits per heavy atom. The molecule has 0 unspecified atom stereocenters. The van der Waals surface area contributed by atoms with E-state index in [1.165, 1.54) is 12.3 Å². The quantitative estimate of drug-likeness (QED) is 0.482. The van der Waals surface area contributed by atoms with E-state index in [4.69, 9.17) is 5.11 Å². The highest BCUT2D eigenvalue weighted by Gasteiger charge is 2.20. The molecule has 2 rings (SSSR count). The summed E-state index contributed by atoms with van der Waals surface area (Å²) in [5.41, 5.74) is -1.18. The predicted molar refractivity (Wildman–Crippen MR) is 66.8 cm³/mol. The summed E-state index contributed by atoms with van der Waals surface area (Å²) < 4.78 is 0. The van der Waals surface area contributed by atoms with E-state index >= 15 is 0 Å². The van der Waals surface area contributed by atoms with Crippen LogP contribution in [-0.2, 0) is 0 Å². The molecule has 10 heteroatoms. The second kappa shape index (κ2) is 5.48. The number of H-pyrrole nitrogens is 1. The molecular formula is C10H6N4O5S. The minimum atomic E-state index is -1.32. The lowest BCUT2D eigenvalue weighted by molar-refractivity contribution is -0.388. The number of nitro groups is 1. The molecule has 0 saturated carbocycles. The lowest BCUT2D eigenvalue weighted by Crippen LogP contribution is -2.06. The number of pyridine rings is 1. The number of carboxylic acid groups (broad SMARTS) is 1. The second-order valence-corrected chi connectivity index (χ2v) is 4.43. The van der Waals surface area contributed by atoms with Gasteiger partial charge in [-0.1, -0.05) is 0 Å². The number of hydrogen-bond donors (Lipinski definition) is 2. The smallest absolute Gasteiger partial charge is 0.337 e. The topological polar surface area (TPSA) is 139 Å². The zero-order chi connectivity index (χ0) is 14.7. The first kappa shape index (κ1) is 13.7. The van der Waals surface area contributed by atoms with Crippen molar-refractivity contribution >= 4 is 23.4 Å². The molecule has 0 aromatic carbocycles. The lowest BCUT2D eigenvalue weighted by atomic mass is 10.3. The minimum absolute atomic E-state index is 0.0608. The molecule has 2 heterocycles. The summed E-state index contributed by atoms with van der Waals surface area (Å²) in [5.74, 6) is -1.32. The summed E-state index contributed by atoms with van der Waals surface area (Å²) in [7, 11) is 0. The van der Waals surface area contributed by atoms with Crippen molar-refractivity contribution in [2.24, 2.45) is 0 Å². The maximum Gasteiger partial charge on any atom is 0.337 e. The molecule has 0 atom stereocenters. The molecule has 2 aromatic heterocycles. The number of hydrogen-bond acceptors (Lipinski definition) is 7. The zero-order valence-electron chi connectivity index (χ0n) is 9.64. The van der Waals surface area contributed by atoms with E-state index in [0.717, 1.165) is 24.0 Å². The Morgan fingerprint density at radius 2 is 2.20 bits per heavy atom. The van der Waals surface area contributed by atoms with Crippen LogP contribution in [0.4, 0.5) is 5.69 Å². The van der Waals surface area contributed by atoms with Crippen LogP contribution < -0.4 is 5.56 Å². The van der Waals surface area contributed by atoms with Crippen molar-refractivity contribution in [1.82, 2.24) is 15.0 Å². The van der Waals surface area contributed by atoms with Gasteiger partial charge in [-0.25, -0.2) is 14.8 Å². The Morgan fingerprint density at radius 3 is 2.80 bits per heavy atom. The second-order valence-electron chi connectivity index (χ2n) is 3.45. The van der Waals surface area contributed by atoms with Gasteiger partial charge in [0, 0.05) is 24.5 Å². The van der Waals surface area contributed by atoms with Crippen LogP contribution in [0.5, 0.6) is 0 Å². The van der Waals surface area contributed by atoms with Crippen LogP contribution in [0.25, 0.3) is 0 Å². The first-order valence-corrected chi connectivity index (χ1v) is 5.90. The fourth-order valence-corrected chi connectivity index (χ4v) is 2.05. The maximum atomic E-state index is 11.1. The molecule has 0 spiro atoms. The number of rotatable bonds is 4. The Bertz CT molecular complexity index is 744. The summed E-state index contributed by atoms with van der Waals surface area (Å²) in [6, 6.07) is 2.10. The van der Waals surface area contributed by atoms with Crippen molar-refractivity contribution in [3.8, 4) is 0 Å². The third kappa shape index (κ3) is 2.98. The van der Waals surface area contributed by atoms with E-state index in [1.807, 2.05) is 0 Å². The Kier molecular flexibility index (Phi) is 3.75. The van der Waals surface area contributed by atoms with Crippen LogP contribution in [0.1, 0.15) is 10.4 Å². The van der Waals surface area contributed by atoms with Gasteiger partial charge in [0.1, 0.15) is 0 Å². The summed E-state index contributed by atoms with van der Waals surface area (Å²) in [6.45, 7) is 0. The van der Waals surface area contributed by atoms with Gasteiger partial charge in [0.2, 0.25) is 0 Å². The number of carbonyl (C=O) groups is 1. The molecule has 0 saturated heterocycles. The van der Waals surface area contributed by atoms with E-state index < -0.39 is 22.1 Å². The van der Waals surface area contributed by atoms with Crippen molar-refractivity contribution in [2.75, 3.05) is 0 Å². The molecule has 2 aromatic rings. The fraction of sp³-hybridized carbons (Fsp3) is 0. The van der Waals surface area contributed by atoms with E-state index in [-0.39, 0.29) is 15.7 Å². The number of carboxylic acids is 1.